The number of piperazine rings is 1. The summed E-state index contributed by atoms with van der Waals surface area (Å²) in [4.78, 5) is 23.4. The van der Waals surface area contributed by atoms with E-state index in [1.807, 2.05) is 6.92 Å². The van der Waals surface area contributed by atoms with Crippen molar-refractivity contribution in [3.8, 4) is 0 Å². The number of hydrogen-bond acceptors (Lipinski definition) is 2. The quantitative estimate of drug-likeness (QED) is 0.540. The van der Waals surface area contributed by atoms with Gasteiger partial charge in [0.1, 0.15) is 0 Å². The summed E-state index contributed by atoms with van der Waals surface area (Å²) in [5, 5.41) is 2.49. The first-order valence-electron chi connectivity index (χ1n) is 3.82. The molecular formula is C7H12N2O2. The summed E-state index contributed by atoms with van der Waals surface area (Å²) >= 11 is 0. The molecule has 0 saturated carbocycles. The molecule has 4 nitrogen and oxygen atoms in total. The van der Waals surface area contributed by atoms with Gasteiger partial charge in [-0.1, -0.05) is 6.92 Å². The monoisotopic (exact) mass is 156 g/mol. The van der Waals surface area contributed by atoms with Crippen LogP contribution >= 0.6 is 0 Å². The Morgan fingerprint density at radius 3 is 2.91 bits per heavy atom. The van der Waals surface area contributed by atoms with Crippen molar-refractivity contribution in [3.05, 3.63) is 0 Å². The molecule has 0 atom stereocenters. The van der Waals surface area contributed by atoms with Gasteiger partial charge < -0.3 is 10.2 Å². The Labute approximate surface area is 65.6 Å². The lowest BCUT2D eigenvalue weighted by Crippen LogP contribution is -2.52. The predicted molar refractivity (Wildman–Crippen MR) is 39.9 cm³/mol. The van der Waals surface area contributed by atoms with Crippen molar-refractivity contribution in [2.45, 2.75) is 13.3 Å². The SMILES string of the molecule is CCCN1CCNC(=O)C1=O. The van der Waals surface area contributed by atoms with Crippen LogP contribution in [0.2, 0.25) is 0 Å². The van der Waals surface area contributed by atoms with Crippen LogP contribution in [0.4, 0.5) is 0 Å². The van der Waals surface area contributed by atoms with Crippen LogP contribution in [0.3, 0.4) is 0 Å². The molecular weight excluding hydrogens is 144 g/mol. The fourth-order valence-corrected chi connectivity index (χ4v) is 1.11. The van der Waals surface area contributed by atoms with Crippen molar-refractivity contribution >= 4 is 11.8 Å². The Morgan fingerprint density at radius 2 is 2.27 bits per heavy atom. The Kier molecular flexibility index (Phi) is 2.46. The van der Waals surface area contributed by atoms with Crippen LogP contribution in [0.1, 0.15) is 13.3 Å². The molecule has 0 spiro atoms. The van der Waals surface area contributed by atoms with Crippen molar-refractivity contribution < 1.29 is 9.59 Å². The van der Waals surface area contributed by atoms with Crippen LogP contribution < -0.4 is 5.32 Å². The third-order valence-corrected chi connectivity index (χ3v) is 1.64. The lowest BCUT2D eigenvalue weighted by atomic mass is 10.3. The summed E-state index contributed by atoms with van der Waals surface area (Å²) in [6.45, 7) is 3.91. The lowest BCUT2D eigenvalue weighted by molar-refractivity contribution is -0.148. The second kappa shape index (κ2) is 3.37. The van der Waals surface area contributed by atoms with E-state index in [2.05, 4.69) is 5.32 Å². The zero-order valence-electron chi connectivity index (χ0n) is 6.59. The Bertz CT molecular complexity index is 177. The van der Waals surface area contributed by atoms with E-state index in [-0.39, 0.29) is 0 Å². The number of hydrogen-bond donors (Lipinski definition) is 1. The van der Waals surface area contributed by atoms with Gasteiger partial charge >= 0.3 is 11.8 Å². The van der Waals surface area contributed by atoms with Gasteiger partial charge in [-0.15, -0.1) is 0 Å². The Balaban J connectivity index is 2.51. The van der Waals surface area contributed by atoms with Gasteiger partial charge in [-0.05, 0) is 6.42 Å². The van der Waals surface area contributed by atoms with Crippen LogP contribution in [0.5, 0.6) is 0 Å². The highest BCUT2D eigenvalue weighted by Gasteiger charge is 2.24. The molecule has 0 unspecified atom stereocenters. The number of nitrogens with zero attached hydrogens (tertiary/aromatic N) is 1. The molecule has 0 aromatic rings. The van der Waals surface area contributed by atoms with Crippen molar-refractivity contribution in [2.24, 2.45) is 0 Å². The Morgan fingerprint density at radius 1 is 1.55 bits per heavy atom. The van der Waals surface area contributed by atoms with E-state index in [0.717, 1.165) is 6.42 Å². The molecule has 0 aromatic heterocycles. The van der Waals surface area contributed by atoms with Crippen molar-refractivity contribution in [2.75, 3.05) is 19.6 Å². The molecule has 1 heterocycles. The van der Waals surface area contributed by atoms with E-state index in [4.69, 9.17) is 0 Å². The molecule has 0 radical (unpaired) electrons. The van der Waals surface area contributed by atoms with E-state index in [9.17, 15) is 9.59 Å². The van der Waals surface area contributed by atoms with E-state index < -0.39 is 11.8 Å². The van der Waals surface area contributed by atoms with Gasteiger partial charge in [0.25, 0.3) is 0 Å². The first-order chi connectivity index (χ1) is 5.25. The molecule has 1 aliphatic heterocycles. The first kappa shape index (κ1) is 8.04. The molecule has 1 N–H and O–H groups in total. The number of carbonyl (C=O) groups is 2. The van der Waals surface area contributed by atoms with Crippen molar-refractivity contribution in [1.82, 2.24) is 10.2 Å². The smallest absolute Gasteiger partial charge is 0.311 e. The predicted octanol–water partition coefficient (Wildman–Crippen LogP) is -0.645. The molecule has 0 aliphatic carbocycles. The third-order valence-electron chi connectivity index (χ3n) is 1.64. The highest BCUT2D eigenvalue weighted by atomic mass is 16.2. The number of nitrogens with one attached hydrogen (secondary N) is 1. The lowest BCUT2D eigenvalue weighted by Gasteiger charge is -2.25. The van der Waals surface area contributed by atoms with Gasteiger partial charge in [0.2, 0.25) is 0 Å². The molecule has 0 bridgehead atoms. The average Bonchev–Trinajstić information content (AvgIpc) is 1.99. The molecule has 4 heteroatoms. The molecule has 0 aromatic carbocycles. The molecule has 1 fully saturated rings. The number of rotatable bonds is 2. The number of amides is 2. The molecule has 1 rings (SSSR count). The first-order valence-corrected chi connectivity index (χ1v) is 3.82. The summed E-state index contributed by atoms with van der Waals surface area (Å²) in [5.74, 6) is -0.859. The summed E-state index contributed by atoms with van der Waals surface area (Å²) < 4.78 is 0. The van der Waals surface area contributed by atoms with Crippen molar-refractivity contribution in [3.63, 3.8) is 0 Å². The second-order valence-corrected chi connectivity index (χ2v) is 2.55. The van der Waals surface area contributed by atoms with Crippen molar-refractivity contribution in [1.29, 1.82) is 0 Å². The van der Waals surface area contributed by atoms with Gasteiger partial charge in [-0.2, -0.15) is 0 Å². The van der Waals surface area contributed by atoms with E-state index in [1.54, 1.807) is 4.90 Å². The Hall–Kier alpha value is -1.06. The highest BCUT2D eigenvalue weighted by Crippen LogP contribution is 1.96. The van der Waals surface area contributed by atoms with Crippen LogP contribution in [0.15, 0.2) is 0 Å². The summed E-state index contributed by atoms with van der Waals surface area (Å²) in [6, 6.07) is 0. The van der Waals surface area contributed by atoms with Gasteiger partial charge in [0.15, 0.2) is 0 Å². The van der Waals surface area contributed by atoms with E-state index in [1.165, 1.54) is 0 Å². The largest absolute Gasteiger partial charge is 0.346 e. The standard InChI is InChI=1S/C7H12N2O2/c1-2-4-9-5-3-8-6(10)7(9)11/h2-5H2,1H3,(H,8,10). The molecule has 11 heavy (non-hydrogen) atoms. The maximum Gasteiger partial charge on any atom is 0.311 e. The molecule has 1 aliphatic rings. The average molecular weight is 156 g/mol. The summed E-state index contributed by atoms with van der Waals surface area (Å²) in [5.41, 5.74) is 0. The van der Waals surface area contributed by atoms with Gasteiger partial charge in [-0.3, -0.25) is 9.59 Å². The zero-order valence-corrected chi connectivity index (χ0v) is 6.59. The normalized spacial score (nSPS) is 18.5. The maximum atomic E-state index is 11.0. The van der Waals surface area contributed by atoms with Crippen LogP contribution in [0, 0.1) is 0 Å². The molecule has 2 amide bonds. The third kappa shape index (κ3) is 1.69. The highest BCUT2D eigenvalue weighted by molar-refractivity contribution is 6.35. The summed E-state index contributed by atoms with van der Waals surface area (Å²) in [6.07, 6.45) is 0.902. The molecule has 62 valence electrons. The number of carbonyl (C=O) groups excluding carboxylic acids is 2. The van der Waals surface area contributed by atoms with E-state index in [0.29, 0.717) is 19.6 Å². The summed E-state index contributed by atoms with van der Waals surface area (Å²) in [7, 11) is 0. The maximum absolute atomic E-state index is 11.0. The minimum atomic E-state index is -0.468. The van der Waals surface area contributed by atoms with Crippen LogP contribution in [0.25, 0.3) is 0 Å². The fourth-order valence-electron chi connectivity index (χ4n) is 1.11. The van der Waals surface area contributed by atoms with Gasteiger partial charge in [0.05, 0.1) is 0 Å². The fraction of sp³-hybridized carbons (Fsp3) is 0.714. The topological polar surface area (TPSA) is 49.4 Å². The minimum Gasteiger partial charge on any atom is -0.346 e. The van der Waals surface area contributed by atoms with Gasteiger partial charge in [-0.25, -0.2) is 0 Å². The van der Waals surface area contributed by atoms with Crippen LogP contribution in [-0.2, 0) is 9.59 Å². The molecule has 1 saturated heterocycles. The second-order valence-electron chi connectivity index (χ2n) is 2.55. The van der Waals surface area contributed by atoms with Crippen LogP contribution in [-0.4, -0.2) is 36.3 Å². The minimum absolute atomic E-state index is 0.391. The van der Waals surface area contributed by atoms with E-state index >= 15 is 0 Å². The zero-order chi connectivity index (χ0) is 8.27. The van der Waals surface area contributed by atoms with Gasteiger partial charge in [0, 0.05) is 19.6 Å².